The zero-order valence-corrected chi connectivity index (χ0v) is 12.3. The third kappa shape index (κ3) is 5.09. The van der Waals surface area contributed by atoms with Crippen LogP contribution in [0.1, 0.15) is 38.3 Å². The Kier molecular flexibility index (Phi) is 6.12. The fraction of sp³-hybridized carbons (Fsp3) is 0.500. The van der Waals surface area contributed by atoms with Crippen LogP contribution in [0.4, 0.5) is 0 Å². The molecule has 106 valence electrons. The number of hydrogen-bond acceptors (Lipinski definition) is 3. The van der Waals surface area contributed by atoms with Crippen molar-refractivity contribution < 1.29 is 9.94 Å². The van der Waals surface area contributed by atoms with Gasteiger partial charge in [-0.25, -0.2) is 0 Å². The maximum atomic E-state index is 8.60. The Hall–Kier alpha value is -1.26. The second-order valence-corrected chi connectivity index (χ2v) is 5.45. The number of halogens is 1. The van der Waals surface area contributed by atoms with E-state index < -0.39 is 0 Å². The summed E-state index contributed by atoms with van der Waals surface area (Å²) in [6.45, 7) is 6.85. The molecule has 19 heavy (non-hydrogen) atoms. The second kappa shape index (κ2) is 7.36. The first-order chi connectivity index (χ1) is 8.93. The van der Waals surface area contributed by atoms with Crippen LogP contribution in [-0.4, -0.2) is 17.1 Å². The molecule has 0 aliphatic rings. The van der Waals surface area contributed by atoms with Gasteiger partial charge in [-0.2, -0.15) is 0 Å². The summed E-state index contributed by atoms with van der Waals surface area (Å²) < 4.78 is 5.75. The van der Waals surface area contributed by atoms with E-state index in [2.05, 4.69) is 25.9 Å². The number of nitrogens with zero attached hydrogens (tertiary/aromatic N) is 1. The van der Waals surface area contributed by atoms with Gasteiger partial charge in [0.15, 0.2) is 5.84 Å². The van der Waals surface area contributed by atoms with Crippen LogP contribution in [0.15, 0.2) is 23.4 Å². The van der Waals surface area contributed by atoms with Crippen molar-refractivity contribution in [3.63, 3.8) is 0 Å². The van der Waals surface area contributed by atoms with Gasteiger partial charge in [-0.15, -0.1) is 0 Å². The van der Waals surface area contributed by atoms with E-state index in [0.29, 0.717) is 23.1 Å². The van der Waals surface area contributed by atoms with E-state index in [1.54, 1.807) is 12.1 Å². The fourth-order valence-corrected chi connectivity index (χ4v) is 2.08. The third-order valence-electron chi connectivity index (χ3n) is 2.78. The molecule has 3 N–H and O–H groups in total. The smallest absolute Gasteiger partial charge is 0.170 e. The normalized spacial score (nSPS) is 13.8. The van der Waals surface area contributed by atoms with Crippen molar-refractivity contribution in [3.8, 4) is 0 Å². The molecule has 5 heteroatoms. The Bertz CT molecular complexity index is 447. The van der Waals surface area contributed by atoms with E-state index in [-0.39, 0.29) is 11.9 Å². The Morgan fingerprint density at radius 2 is 2.11 bits per heavy atom. The lowest BCUT2D eigenvalue weighted by atomic mass is 10.1. The van der Waals surface area contributed by atoms with Gasteiger partial charge in [0.25, 0.3) is 0 Å². The van der Waals surface area contributed by atoms with E-state index >= 15 is 0 Å². The van der Waals surface area contributed by atoms with Gasteiger partial charge in [-0.1, -0.05) is 42.7 Å². The Morgan fingerprint density at radius 1 is 1.42 bits per heavy atom. The molecule has 1 atom stereocenters. The van der Waals surface area contributed by atoms with Crippen LogP contribution in [0.25, 0.3) is 0 Å². The summed E-state index contributed by atoms with van der Waals surface area (Å²) in [6, 6.07) is 5.26. The molecule has 0 bridgehead atoms. The molecule has 0 spiro atoms. The van der Waals surface area contributed by atoms with Crippen LogP contribution in [0.3, 0.4) is 0 Å². The Labute approximate surface area is 119 Å². The van der Waals surface area contributed by atoms with E-state index in [4.69, 9.17) is 27.3 Å². The van der Waals surface area contributed by atoms with E-state index in [1.165, 1.54) is 0 Å². The number of oxime groups is 1. The van der Waals surface area contributed by atoms with Crippen molar-refractivity contribution in [1.82, 2.24) is 0 Å². The monoisotopic (exact) mass is 284 g/mol. The second-order valence-electron chi connectivity index (χ2n) is 5.04. The van der Waals surface area contributed by atoms with Crippen molar-refractivity contribution in [2.75, 3.05) is 0 Å². The van der Waals surface area contributed by atoms with Gasteiger partial charge in [0.05, 0.1) is 12.7 Å². The molecule has 1 aromatic rings. The van der Waals surface area contributed by atoms with Crippen molar-refractivity contribution in [2.45, 2.75) is 39.9 Å². The number of benzene rings is 1. The predicted molar refractivity (Wildman–Crippen MR) is 77.7 cm³/mol. The Morgan fingerprint density at radius 3 is 2.63 bits per heavy atom. The van der Waals surface area contributed by atoms with Crippen molar-refractivity contribution in [1.29, 1.82) is 0 Å². The molecular weight excluding hydrogens is 264 g/mol. The molecule has 0 aliphatic heterocycles. The van der Waals surface area contributed by atoms with Crippen LogP contribution in [0.2, 0.25) is 5.02 Å². The average molecular weight is 285 g/mol. The summed E-state index contributed by atoms with van der Waals surface area (Å²) in [7, 11) is 0. The van der Waals surface area contributed by atoms with Gasteiger partial charge in [0.2, 0.25) is 0 Å². The van der Waals surface area contributed by atoms with Crippen LogP contribution < -0.4 is 5.73 Å². The van der Waals surface area contributed by atoms with Crippen molar-refractivity contribution in [2.24, 2.45) is 16.8 Å². The minimum Gasteiger partial charge on any atom is -0.409 e. The number of hydrogen-bond donors (Lipinski definition) is 2. The standard InChI is InChI=1S/C14H21ClN2O2/c1-9(2)6-10(3)19-8-12-5-4-11(7-13(12)15)14(16)17-18/h4-5,7,9-10,18H,6,8H2,1-3H3,(H2,16,17). The predicted octanol–water partition coefficient (Wildman–Crippen LogP) is 3.39. The summed E-state index contributed by atoms with van der Waals surface area (Å²) in [5.41, 5.74) is 6.98. The first kappa shape index (κ1) is 15.8. The highest BCUT2D eigenvalue weighted by Gasteiger charge is 2.09. The number of rotatable bonds is 6. The van der Waals surface area contributed by atoms with Crippen molar-refractivity contribution >= 4 is 17.4 Å². The van der Waals surface area contributed by atoms with Crippen LogP contribution in [0, 0.1) is 5.92 Å². The lowest BCUT2D eigenvalue weighted by Crippen LogP contribution is -2.14. The minimum atomic E-state index is 0.0440. The zero-order chi connectivity index (χ0) is 14.4. The highest BCUT2D eigenvalue weighted by molar-refractivity contribution is 6.31. The fourth-order valence-electron chi connectivity index (χ4n) is 1.85. The third-order valence-corrected chi connectivity index (χ3v) is 3.14. The topological polar surface area (TPSA) is 67.8 Å². The summed E-state index contributed by atoms with van der Waals surface area (Å²) in [4.78, 5) is 0. The molecule has 0 saturated carbocycles. The largest absolute Gasteiger partial charge is 0.409 e. The molecule has 0 fully saturated rings. The van der Waals surface area contributed by atoms with Crippen LogP contribution >= 0.6 is 11.6 Å². The average Bonchev–Trinajstić information content (AvgIpc) is 2.35. The molecule has 0 amide bonds. The van der Waals surface area contributed by atoms with E-state index in [1.807, 2.05) is 6.07 Å². The SMILES string of the molecule is CC(C)CC(C)OCc1ccc(/C(N)=N/O)cc1Cl. The molecule has 0 radical (unpaired) electrons. The zero-order valence-electron chi connectivity index (χ0n) is 11.6. The van der Waals surface area contributed by atoms with E-state index in [0.717, 1.165) is 12.0 Å². The first-order valence-electron chi connectivity index (χ1n) is 6.32. The van der Waals surface area contributed by atoms with E-state index in [9.17, 15) is 0 Å². The quantitative estimate of drug-likeness (QED) is 0.364. The first-order valence-corrected chi connectivity index (χ1v) is 6.69. The Balaban J connectivity index is 2.65. The number of amidine groups is 1. The van der Waals surface area contributed by atoms with Crippen LogP contribution in [0.5, 0.6) is 0 Å². The van der Waals surface area contributed by atoms with Crippen LogP contribution in [-0.2, 0) is 11.3 Å². The molecular formula is C14H21ClN2O2. The van der Waals surface area contributed by atoms with Gasteiger partial charge < -0.3 is 15.7 Å². The van der Waals surface area contributed by atoms with Gasteiger partial charge in [-0.05, 0) is 30.9 Å². The molecule has 1 rings (SSSR count). The molecule has 1 unspecified atom stereocenters. The molecule has 4 nitrogen and oxygen atoms in total. The van der Waals surface area contributed by atoms with Crippen molar-refractivity contribution in [3.05, 3.63) is 34.3 Å². The molecule has 0 heterocycles. The summed E-state index contributed by atoms with van der Waals surface area (Å²) >= 11 is 6.15. The molecule has 0 saturated heterocycles. The lowest BCUT2D eigenvalue weighted by Gasteiger charge is -2.16. The van der Waals surface area contributed by atoms with Gasteiger partial charge in [0.1, 0.15) is 0 Å². The van der Waals surface area contributed by atoms with Gasteiger partial charge in [0, 0.05) is 10.6 Å². The summed E-state index contributed by atoms with van der Waals surface area (Å²) in [5, 5.41) is 12.1. The minimum absolute atomic E-state index is 0.0440. The number of ether oxygens (including phenoxy) is 1. The summed E-state index contributed by atoms with van der Waals surface area (Å²) in [5.74, 6) is 0.649. The molecule has 1 aromatic carbocycles. The maximum Gasteiger partial charge on any atom is 0.170 e. The highest BCUT2D eigenvalue weighted by atomic mass is 35.5. The lowest BCUT2D eigenvalue weighted by molar-refractivity contribution is 0.0397. The van der Waals surface area contributed by atoms with Gasteiger partial charge in [-0.3, -0.25) is 0 Å². The highest BCUT2D eigenvalue weighted by Crippen LogP contribution is 2.20. The molecule has 0 aliphatic carbocycles. The maximum absolute atomic E-state index is 8.60. The summed E-state index contributed by atoms with van der Waals surface area (Å²) in [6.07, 6.45) is 1.21. The number of nitrogens with two attached hydrogens (primary N) is 1. The molecule has 0 aromatic heterocycles. The van der Waals surface area contributed by atoms with Gasteiger partial charge >= 0.3 is 0 Å².